The Morgan fingerprint density at radius 1 is 1.00 bits per heavy atom. The summed E-state index contributed by atoms with van der Waals surface area (Å²) >= 11 is 0. The fraction of sp³-hybridized carbons (Fsp3) is 0.765. The molecule has 0 aromatic heterocycles. The molecule has 0 atom stereocenters. The third kappa shape index (κ3) is 3.22. The van der Waals surface area contributed by atoms with Gasteiger partial charge >= 0.3 is 0 Å². The summed E-state index contributed by atoms with van der Waals surface area (Å²) in [5, 5.41) is 0. The first-order valence-electron chi connectivity index (χ1n) is 7.61. The molecule has 0 aromatic rings. The van der Waals surface area contributed by atoms with E-state index >= 15 is 0 Å². The number of allylic oxidation sites excluding steroid dienone is 2. The van der Waals surface area contributed by atoms with Gasteiger partial charge in [-0.05, 0) is 60.0 Å². The van der Waals surface area contributed by atoms with Gasteiger partial charge in [-0.25, -0.2) is 0 Å². The first-order chi connectivity index (χ1) is 8.69. The Balaban J connectivity index is 2.33. The van der Waals surface area contributed by atoms with Crippen LogP contribution in [0.3, 0.4) is 0 Å². The van der Waals surface area contributed by atoms with Crippen LogP contribution in [0.2, 0.25) is 0 Å². The van der Waals surface area contributed by atoms with E-state index in [1.165, 1.54) is 19.4 Å². The molecule has 2 nitrogen and oxygen atoms in total. The summed E-state index contributed by atoms with van der Waals surface area (Å²) in [6.45, 7) is 17.3. The first kappa shape index (κ1) is 14.6. The Bertz CT molecular complexity index is 390. The summed E-state index contributed by atoms with van der Waals surface area (Å²) in [7, 11) is 0. The van der Waals surface area contributed by atoms with Crippen LogP contribution < -0.4 is 0 Å². The molecule has 0 spiro atoms. The molecular weight excluding hydrogens is 232 g/mol. The van der Waals surface area contributed by atoms with Gasteiger partial charge in [-0.15, -0.1) is 0 Å². The van der Waals surface area contributed by atoms with Crippen LogP contribution in [0.1, 0.15) is 54.4 Å². The van der Waals surface area contributed by atoms with E-state index in [-0.39, 0.29) is 11.1 Å². The molecule has 2 aliphatic rings. The van der Waals surface area contributed by atoms with E-state index in [0.29, 0.717) is 0 Å². The minimum absolute atomic E-state index is 0.225. The molecule has 0 aliphatic carbocycles. The fourth-order valence-electron chi connectivity index (χ4n) is 3.07. The highest BCUT2D eigenvalue weighted by atomic mass is 15.3. The predicted octanol–water partition coefficient (Wildman–Crippen LogP) is 3.81. The van der Waals surface area contributed by atoms with Crippen LogP contribution in [0, 0.1) is 0 Å². The van der Waals surface area contributed by atoms with Gasteiger partial charge in [0.25, 0.3) is 0 Å². The van der Waals surface area contributed by atoms with Crippen molar-refractivity contribution >= 4 is 0 Å². The molecule has 0 unspecified atom stereocenters. The quantitative estimate of drug-likeness (QED) is 0.655. The van der Waals surface area contributed by atoms with Gasteiger partial charge in [-0.3, -0.25) is 4.90 Å². The third-order valence-corrected chi connectivity index (χ3v) is 4.27. The molecule has 0 aromatic carbocycles. The average Bonchev–Trinajstić information content (AvgIpc) is 2.47. The van der Waals surface area contributed by atoms with Gasteiger partial charge in [0.1, 0.15) is 0 Å². The zero-order valence-corrected chi connectivity index (χ0v) is 13.6. The second-order valence-corrected chi connectivity index (χ2v) is 7.85. The summed E-state index contributed by atoms with van der Waals surface area (Å²) in [5.74, 6) is 0. The summed E-state index contributed by atoms with van der Waals surface area (Å²) < 4.78 is 0. The molecule has 0 amide bonds. The maximum atomic E-state index is 2.63. The molecule has 108 valence electrons. The van der Waals surface area contributed by atoms with E-state index in [1.54, 1.807) is 11.3 Å². The molecule has 0 N–H and O–H groups in total. The highest BCUT2D eigenvalue weighted by Gasteiger charge is 2.32. The minimum Gasteiger partial charge on any atom is -0.369 e. The molecule has 0 radical (unpaired) electrons. The molecule has 2 aliphatic heterocycles. The van der Waals surface area contributed by atoms with Crippen LogP contribution in [-0.2, 0) is 0 Å². The highest BCUT2D eigenvalue weighted by molar-refractivity contribution is 5.31. The van der Waals surface area contributed by atoms with Crippen LogP contribution >= 0.6 is 0 Å². The Morgan fingerprint density at radius 2 is 1.68 bits per heavy atom. The van der Waals surface area contributed by atoms with E-state index in [9.17, 15) is 0 Å². The van der Waals surface area contributed by atoms with Crippen LogP contribution in [0.15, 0.2) is 23.4 Å². The first-order valence-corrected chi connectivity index (χ1v) is 7.61. The number of nitrogens with zero attached hydrogens (tertiary/aromatic N) is 2. The molecule has 0 fully saturated rings. The van der Waals surface area contributed by atoms with Crippen molar-refractivity contribution in [3.8, 4) is 0 Å². The number of hydrogen-bond donors (Lipinski definition) is 0. The second-order valence-electron chi connectivity index (χ2n) is 7.85. The van der Waals surface area contributed by atoms with Crippen molar-refractivity contribution in [3.05, 3.63) is 23.4 Å². The molecule has 0 bridgehead atoms. The molecule has 2 rings (SSSR count). The topological polar surface area (TPSA) is 6.48 Å². The molecule has 2 heteroatoms. The Labute approximate surface area is 119 Å². The summed E-state index contributed by atoms with van der Waals surface area (Å²) in [6, 6.07) is 0. The van der Waals surface area contributed by atoms with Crippen molar-refractivity contribution in [1.82, 2.24) is 9.80 Å². The number of hydrogen-bond acceptors (Lipinski definition) is 2. The lowest BCUT2D eigenvalue weighted by Gasteiger charge is -2.45. The summed E-state index contributed by atoms with van der Waals surface area (Å²) in [6.07, 6.45) is 7.26. The van der Waals surface area contributed by atoms with E-state index in [4.69, 9.17) is 0 Å². The van der Waals surface area contributed by atoms with Crippen LogP contribution in [0.5, 0.6) is 0 Å². The van der Waals surface area contributed by atoms with Crippen molar-refractivity contribution in [2.24, 2.45) is 0 Å². The maximum Gasteiger partial charge on any atom is 0.0395 e. The van der Waals surface area contributed by atoms with Crippen molar-refractivity contribution < 1.29 is 0 Å². The van der Waals surface area contributed by atoms with Crippen LogP contribution in [0.4, 0.5) is 0 Å². The smallest absolute Gasteiger partial charge is 0.0395 e. The zero-order valence-electron chi connectivity index (χ0n) is 13.6. The lowest BCUT2D eigenvalue weighted by molar-refractivity contribution is 0.117. The van der Waals surface area contributed by atoms with Crippen molar-refractivity contribution in [3.63, 3.8) is 0 Å². The lowest BCUT2D eigenvalue weighted by atomic mass is 9.95. The van der Waals surface area contributed by atoms with Gasteiger partial charge in [0.15, 0.2) is 0 Å². The fourth-order valence-corrected chi connectivity index (χ4v) is 3.07. The Kier molecular flexibility index (Phi) is 3.83. The Hall–Kier alpha value is -0.760. The third-order valence-electron chi connectivity index (χ3n) is 4.27. The van der Waals surface area contributed by atoms with Gasteiger partial charge in [0.05, 0.1) is 0 Å². The van der Waals surface area contributed by atoms with Crippen LogP contribution in [-0.4, -0.2) is 40.5 Å². The highest BCUT2D eigenvalue weighted by Crippen LogP contribution is 2.32. The van der Waals surface area contributed by atoms with Crippen LogP contribution in [0.25, 0.3) is 0 Å². The predicted molar refractivity (Wildman–Crippen MR) is 83.2 cm³/mol. The van der Waals surface area contributed by atoms with E-state index in [1.807, 2.05) is 0 Å². The Morgan fingerprint density at radius 3 is 2.26 bits per heavy atom. The van der Waals surface area contributed by atoms with Gasteiger partial charge in [-0.1, -0.05) is 12.2 Å². The van der Waals surface area contributed by atoms with Crippen molar-refractivity contribution in [2.45, 2.75) is 65.5 Å². The molecule has 19 heavy (non-hydrogen) atoms. The molecule has 2 heterocycles. The molecule has 0 saturated heterocycles. The van der Waals surface area contributed by atoms with Crippen molar-refractivity contribution in [1.29, 1.82) is 0 Å². The van der Waals surface area contributed by atoms with Gasteiger partial charge in [0.2, 0.25) is 0 Å². The average molecular weight is 262 g/mol. The maximum absolute atomic E-state index is 2.63. The van der Waals surface area contributed by atoms with E-state index < -0.39 is 0 Å². The monoisotopic (exact) mass is 262 g/mol. The second kappa shape index (κ2) is 4.97. The van der Waals surface area contributed by atoms with Gasteiger partial charge < -0.3 is 4.90 Å². The minimum atomic E-state index is 0.225. The van der Waals surface area contributed by atoms with Gasteiger partial charge in [0, 0.05) is 36.4 Å². The lowest BCUT2D eigenvalue weighted by Crippen LogP contribution is -2.49. The summed E-state index contributed by atoms with van der Waals surface area (Å²) in [5.41, 5.74) is 3.58. The van der Waals surface area contributed by atoms with E-state index in [2.05, 4.69) is 63.5 Å². The largest absolute Gasteiger partial charge is 0.369 e. The van der Waals surface area contributed by atoms with Gasteiger partial charge in [-0.2, -0.15) is 0 Å². The van der Waals surface area contributed by atoms with Crippen molar-refractivity contribution in [2.75, 3.05) is 19.6 Å². The number of rotatable bonds is 0. The van der Waals surface area contributed by atoms with E-state index in [0.717, 1.165) is 13.1 Å². The zero-order chi connectivity index (χ0) is 14.3. The standard InChI is InChI=1S/C17H30N2/c1-16(2,3)18-11-7-9-14-10-8-12-19(15(14)13-18)17(4,5)6/h7,9H,8,10-13H2,1-6H3. The SMILES string of the molecule is CC(C)(C)N1CC=CC2=C(C1)N(C(C)(C)C)CCC2. The molecule has 0 saturated carbocycles. The molecular formula is C17H30N2. The summed E-state index contributed by atoms with van der Waals surface area (Å²) in [4.78, 5) is 5.20. The normalized spacial score (nSPS) is 22.5.